The van der Waals surface area contributed by atoms with Crippen molar-refractivity contribution < 1.29 is 82.7 Å². The van der Waals surface area contributed by atoms with E-state index in [2.05, 4.69) is 9.69 Å². The summed E-state index contributed by atoms with van der Waals surface area (Å²) in [5.41, 5.74) is -1.78. The van der Waals surface area contributed by atoms with Gasteiger partial charge in [0.2, 0.25) is 0 Å². The van der Waals surface area contributed by atoms with Gasteiger partial charge in [0.1, 0.15) is 18.2 Å². The van der Waals surface area contributed by atoms with E-state index in [4.69, 9.17) is 23.0 Å². The molecule has 0 saturated heterocycles. The van der Waals surface area contributed by atoms with Crippen molar-refractivity contribution >= 4 is 17.5 Å². The zero-order valence-corrected chi connectivity index (χ0v) is 44.4. The van der Waals surface area contributed by atoms with Crippen LogP contribution in [0.25, 0.3) is 9.69 Å². The van der Waals surface area contributed by atoms with E-state index in [1.54, 1.807) is 13.8 Å². The molecule has 2 atom stereocenters. The van der Waals surface area contributed by atoms with E-state index in [0.29, 0.717) is 0 Å². The molecule has 0 aliphatic heterocycles. The van der Waals surface area contributed by atoms with Crippen molar-refractivity contribution in [1.82, 2.24) is 0 Å². The van der Waals surface area contributed by atoms with Gasteiger partial charge in [-0.2, -0.15) is 0 Å². The first-order chi connectivity index (χ1) is 24.1. The van der Waals surface area contributed by atoms with Crippen LogP contribution < -0.4 is 0 Å². The zero-order valence-electron chi connectivity index (χ0n) is 39.2. The SMILES string of the molecule is C1CCCC1.C1CCCC1.C1CCCC1.[C-]#[N+]C(C)(CO)CC(=O)C1CCCC1.[C-]#[N+]C(C)(COC(=O)C1CCCC1)CC(=O)C1CCCC1.[CH3-].[CH3-].[CH3-].[CH3-].[CH3-].[CH3-].[Ru+2].[Ru+2].[Ru+2]. The average molecular weight is 1090 g/mol. The third-order valence-electron chi connectivity index (χ3n) is 11.6. The Morgan fingerprint density at radius 3 is 0.949 bits per heavy atom. The molecular weight excluding hydrogens is 1000 g/mol. The summed E-state index contributed by atoms with van der Waals surface area (Å²) in [7, 11) is 0. The number of rotatable bonds is 10. The van der Waals surface area contributed by atoms with Gasteiger partial charge in [-0.1, -0.05) is 135 Å². The van der Waals surface area contributed by atoms with Crippen molar-refractivity contribution in [3.63, 3.8) is 0 Å². The van der Waals surface area contributed by atoms with Gasteiger partial charge in [-0.15, -0.1) is 0 Å². The van der Waals surface area contributed by atoms with Crippen LogP contribution in [-0.2, 0) is 77.6 Å². The molecule has 59 heavy (non-hydrogen) atoms. The summed E-state index contributed by atoms with van der Waals surface area (Å²) < 4.78 is 5.34. The van der Waals surface area contributed by atoms with Crippen molar-refractivity contribution in [3.05, 3.63) is 67.4 Å². The number of esters is 1. The zero-order chi connectivity index (χ0) is 36.5. The maximum absolute atomic E-state index is 12.2. The van der Waals surface area contributed by atoms with Gasteiger partial charge in [-0.05, 0) is 38.5 Å². The number of ketones is 2. The van der Waals surface area contributed by atoms with Gasteiger partial charge in [0.05, 0.1) is 18.8 Å². The van der Waals surface area contributed by atoms with Crippen LogP contribution in [0.5, 0.6) is 0 Å². The second kappa shape index (κ2) is 45.6. The molecule has 0 bridgehead atoms. The molecule has 0 aromatic heterocycles. The first kappa shape index (κ1) is 76.0. The van der Waals surface area contributed by atoms with Crippen LogP contribution in [0.15, 0.2) is 0 Å². The van der Waals surface area contributed by atoms with Crippen LogP contribution in [0.2, 0.25) is 0 Å². The molecule has 6 fully saturated rings. The Hall–Kier alpha value is -0.380. The molecule has 350 valence electrons. The third-order valence-corrected chi connectivity index (χ3v) is 11.6. The predicted octanol–water partition coefficient (Wildman–Crippen LogP) is 13.9. The molecule has 0 heterocycles. The van der Waals surface area contributed by atoms with Crippen molar-refractivity contribution in [3.8, 4) is 0 Å². The number of aliphatic hydroxyl groups excluding tert-OH is 1. The Kier molecular flexibility index (Phi) is 58.8. The second-order valence-electron chi connectivity index (χ2n) is 16.5. The van der Waals surface area contributed by atoms with Gasteiger partial charge in [-0.3, -0.25) is 14.4 Å². The molecule has 6 rings (SSSR count). The molecule has 6 aliphatic rings. The van der Waals surface area contributed by atoms with Gasteiger partial charge in [-0.25, -0.2) is 13.1 Å². The maximum atomic E-state index is 12.2. The Balaban J connectivity index is -0.0000000993. The number of carbonyl (C=O) groups is 3. The second-order valence-corrected chi connectivity index (χ2v) is 16.5. The van der Waals surface area contributed by atoms with Crippen LogP contribution in [0, 0.1) is 75.5 Å². The minimum absolute atomic E-state index is 0. The van der Waals surface area contributed by atoms with Crippen molar-refractivity contribution in [2.45, 2.75) is 211 Å². The van der Waals surface area contributed by atoms with E-state index in [1.807, 2.05) is 0 Å². The van der Waals surface area contributed by atoms with Crippen LogP contribution in [0.1, 0.15) is 200 Å². The summed E-state index contributed by atoms with van der Waals surface area (Å²) in [5.74, 6) is 0.429. The van der Waals surface area contributed by atoms with Crippen molar-refractivity contribution in [1.29, 1.82) is 0 Å². The molecule has 0 aromatic carbocycles. The summed E-state index contributed by atoms with van der Waals surface area (Å²) in [5, 5.41) is 9.01. The smallest absolute Gasteiger partial charge is 0.457 e. The fourth-order valence-electron chi connectivity index (χ4n) is 7.95. The molecule has 1 N–H and O–H groups in total. The fraction of sp³-hybridized carbons (Fsp3) is 0.776. The van der Waals surface area contributed by atoms with Gasteiger partial charge in [0, 0.05) is 25.7 Å². The summed E-state index contributed by atoms with van der Waals surface area (Å²) in [4.78, 5) is 42.8. The molecule has 10 heteroatoms. The summed E-state index contributed by atoms with van der Waals surface area (Å²) in [6, 6.07) is 0. The molecule has 7 nitrogen and oxygen atoms in total. The number of nitrogens with zero attached hydrogens (tertiary/aromatic N) is 2. The Morgan fingerprint density at radius 1 is 0.475 bits per heavy atom. The standard InChI is InChI=1S/C17H25NO3.C11H17NO2.3C5H10.6CH3.3Ru/c1-17(18-2,11-15(19)13-7-3-4-8-13)12-21-16(20)14-9-5-6-10-14;1-11(8-13,12-2)7-10(14)9-5-3-4-6-9;3*1-2-4-5-3-1;;;;;;;;;/h13-14H,3-12H2,1H3;9,13H,3-8H2,1H3;3*1-5H2;6*1H3;;;/q;;;;;6*-1;3*+2. The number of hydrogen-bond donors (Lipinski definition) is 1. The van der Waals surface area contributed by atoms with E-state index < -0.39 is 11.1 Å². The first-order valence-electron chi connectivity index (χ1n) is 20.8. The minimum Gasteiger partial charge on any atom is -0.457 e. The Morgan fingerprint density at radius 2 is 0.712 bits per heavy atom. The molecule has 6 aliphatic carbocycles. The number of hydrogen-bond acceptors (Lipinski definition) is 5. The predicted molar refractivity (Wildman–Crippen MR) is 241 cm³/mol. The van der Waals surface area contributed by atoms with Gasteiger partial charge in [0.25, 0.3) is 11.1 Å². The number of ether oxygens (including phenoxy) is 1. The van der Waals surface area contributed by atoms with Crippen molar-refractivity contribution in [2.75, 3.05) is 13.2 Å². The molecule has 0 radical (unpaired) electrons. The van der Waals surface area contributed by atoms with Crippen LogP contribution in [0.3, 0.4) is 0 Å². The first-order valence-corrected chi connectivity index (χ1v) is 20.8. The largest absolute Gasteiger partial charge is 2.00 e. The molecule has 0 amide bonds. The average Bonchev–Trinajstić information content (AvgIpc) is 4.00. The Bertz CT molecular complexity index is 1000. The molecule has 0 spiro atoms. The molecule has 6 saturated carbocycles. The maximum Gasteiger partial charge on any atom is 2.00 e. The topological polar surface area (TPSA) is 89.4 Å². The Labute approximate surface area is 407 Å². The normalized spacial score (nSPS) is 19.3. The van der Waals surface area contributed by atoms with E-state index in [9.17, 15) is 14.4 Å². The summed E-state index contributed by atoms with van der Waals surface area (Å²) >= 11 is 0. The van der Waals surface area contributed by atoms with Gasteiger partial charge < -0.3 is 64.1 Å². The number of carbonyl (C=O) groups excluding carboxylic acids is 3. The molecule has 2 unspecified atom stereocenters. The third kappa shape index (κ3) is 33.8. The minimum atomic E-state index is -0.895. The number of aliphatic hydroxyl groups is 1. The number of Topliss-reactive ketones (excluding diaryl/α,β-unsaturated/α-hetero) is 2. The van der Waals surface area contributed by atoms with Crippen LogP contribution in [0.4, 0.5) is 0 Å². The fourth-order valence-corrected chi connectivity index (χ4v) is 7.95. The molecular formula is C49H90N2O5Ru3. The summed E-state index contributed by atoms with van der Waals surface area (Å²) in [6.07, 6.45) is 35.2. The van der Waals surface area contributed by atoms with Gasteiger partial charge in [0.15, 0.2) is 6.61 Å². The monoisotopic (exact) mass is 1090 g/mol. The van der Waals surface area contributed by atoms with Crippen LogP contribution >= 0.6 is 0 Å². The van der Waals surface area contributed by atoms with E-state index in [1.165, 1.54) is 96.3 Å². The van der Waals surface area contributed by atoms with Gasteiger partial charge >= 0.3 is 64.4 Å². The van der Waals surface area contributed by atoms with E-state index >= 15 is 0 Å². The van der Waals surface area contributed by atoms with Crippen LogP contribution in [-0.4, -0.2) is 46.9 Å². The summed E-state index contributed by atoms with van der Waals surface area (Å²) in [6.45, 7) is 17.5. The molecule has 0 aromatic rings. The van der Waals surface area contributed by atoms with Crippen molar-refractivity contribution in [2.24, 2.45) is 17.8 Å². The quantitative estimate of drug-likeness (QED) is 0.134. The van der Waals surface area contributed by atoms with E-state index in [0.717, 1.165) is 77.0 Å². The van der Waals surface area contributed by atoms with E-state index in [-0.39, 0.29) is 164 Å².